The van der Waals surface area contributed by atoms with Crippen LogP contribution >= 0.6 is 0 Å². The number of rotatable bonds is 7. The number of nitrogens with one attached hydrogen (secondary N) is 3. The van der Waals surface area contributed by atoms with Crippen LogP contribution in [0.4, 0.5) is 10.1 Å². The van der Waals surface area contributed by atoms with E-state index in [1.54, 1.807) is 6.07 Å². The van der Waals surface area contributed by atoms with Crippen molar-refractivity contribution in [3.63, 3.8) is 0 Å². The van der Waals surface area contributed by atoms with E-state index in [1.165, 1.54) is 24.3 Å². The van der Waals surface area contributed by atoms with Gasteiger partial charge in [0.1, 0.15) is 5.82 Å². The van der Waals surface area contributed by atoms with Crippen LogP contribution in [-0.2, 0) is 11.3 Å². The van der Waals surface area contributed by atoms with Gasteiger partial charge in [0.15, 0.2) is 0 Å². The molecule has 148 valence electrons. The van der Waals surface area contributed by atoms with Crippen LogP contribution in [0, 0.1) is 11.7 Å². The van der Waals surface area contributed by atoms with E-state index in [-0.39, 0.29) is 17.6 Å². The molecule has 1 aliphatic heterocycles. The number of benzene rings is 2. The van der Waals surface area contributed by atoms with Gasteiger partial charge in [0.2, 0.25) is 5.91 Å². The second-order valence-corrected chi connectivity index (χ2v) is 7.17. The summed E-state index contributed by atoms with van der Waals surface area (Å²) in [4.78, 5) is 24.3. The molecule has 3 rings (SSSR count). The fourth-order valence-corrected chi connectivity index (χ4v) is 3.36. The van der Waals surface area contributed by atoms with Gasteiger partial charge in [-0.2, -0.15) is 0 Å². The molecule has 0 aliphatic carbocycles. The van der Waals surface area contributed by atoms with Crippen LogP contribution in [-0.4, -0.2) is 24.9 Å². The van der Waals surface area contributed by atoms with Gasteiger partial charge in [-0.3, -0.25) is 9.59 Å². The highest BCUT2D eigenvalue weighted by molar-refractivity contribution is 6.04. The van der Waals surface area contributed by atoms with E-state index in [4.69, 9.17) is 0 Å². The van der Waals surface area contributed by atoms with E-state index in [9.17, 15) is 14.0 Å². The van der Waals surface area contributed by atoms with Gasteiger partial charge in [-0.15, -0.1) is 0 Å². The molecule has 1 aliphatic rings. The largest absolute Gasteiger partial charge is 0.352 e. The summed E-state index contributed by atoms with van der Waals surface area (Å²) in [6, 6.07) is 12.7. The predicted octanol–water partition coefficient (Wildman–Crippen LogP) is 3.47. The summed E-state index contributed by atoms with van der Waals surface area (Å²) in [5.74, 6) is 0.00823. The zero-order valence-electron chi connectivity index (χ0n) is 15.8. The number of anilines is 1. The fourth-order valence-electron chi connectivity index (χ4n) is 3.36. The summed E-state index contributed by atoms with van der Waals surface area (Å²) in [5.41, 5.74) is 1.93. The SMILES string of the molecule is O=C(CCC1CCNCC1)NCc1cccc(NC(=O)c2ccc(F)cc2)c1. The van der Waals surface area contributed by atoms with Gasteiger partial charge in [-0.05, 0) is 80.2 Å². The molecule has 28 heavy (non-hydrogen) atoms. The summed E-state index contributed by atoms with van der Waals surface area (Å²) in [7, 11) is 0. The van der Waals surface area contributed by atoms with E-state index in [2.05, 4.69) is 16.0 Å². The molecule has 0 aromatic heterocycles. The first-order valence-corrected chi connectivity index (χ1v) is 9.73. The first kappa shape index (κ1) is 20.0. The van der Waals surface area contributed by atoms with Gasteiger partial charge in [0.05, 0.1) is 0 Å². The van der Waals surface area contributed by atoms with E-state index in [0.29, 0.717) is 30.1 Å². The van der Waals surface area contributed by atoms with Gasteiger partial charge in [0.25, 0.3) is 5.91 Å². The zero-order valence-corrected chi connectivity index (χ0v) is 15.8. The minimum Gasteiger partial charge on any atom is -0.352 e. The van der Waals surface area contributed by atoms with Crippen molar-refractivity contribution in [3.05, 3.63) is 65.5 Å². The minimum absolute atomic E-state index is 0.0549. The minimum atomic E-state index is -0.380. The lowest BCUT2D eigenvalue weighted by Gasteiger charge is -2.22. The number of hydrogen-bond donors (Lipinski definition) is 3. The predicted molar refractivity (Wildman–Crippen MR) is 107 cm³/mol. The van der Waals surface area contributed by atoms with Gasteiger partial charge in [-0.1, -0.05) is 12.1 Å². The number of piperidine rings is 1. The number of carbonyl (C=O) groups excluding carboxylic acids is 2. The van der Waals surface area contributed by atoms with E-state index < -0.39 is 0 Å². The van der Waals surface area contributed by atoms with Crippen LogP contribution in [0.15, 0.2) is 48.5 Å². The average Bonchev–Trinajstić information content (AvgIpc) is 2.72. The lowest BCUT2D eigenvalue weighted by Crippen LogP contribution is -2.29. The molecule has 3 N–H and O–H groups in total. The highest BCUT2D eigenvalue weighted by atomic mass is 19.1. The smallest absolute Gasteiger partial charge is 0.255 e. The molecule has 6 heteroatoms. The number of carbonyl (C=O) groups is 2. The Bertz CT molecular complexity index is 802. The summed E-state index contributed by atoms with van der Waals surface area (Å²) >= 11 is 0. The van der Waals surface area contributed by atoms with Crippen LogP contribution in [0.5, 0.6) is 0 Å². The fraction of sp³-hybridized carbons (Fsp3) is 0.364. The molecule has 0 radical (unpaired) electrons. The maximum atomic E-state index is 13.0. The first-order chi connectivity index (χ1) is 13.6. The molecule has 0 unspecified atom stereocenters. The van der Waals surface area contributed by atoms with Crippen molar-refractivity contribution in [2.45, 2.75) is 32.2 Å². The number of halogens is 1. The van der Waals surface area contributed by atoms with Crippen LogP contribution in [0.3, 0.4) is 0 Å². The summed E-state index contributed by atoms with van der Waals surface area (Å²) in [6.07, 6.45) is 3.76. The monoisotopic (exact) mass is 383 g/mol. The normalized spacial score (nSPS) is 14.5. The molecule has 1 fully saturated rings. The van der Waals surface area contributed by atoms with Crippen LogP contribution in [0.25, 0.3) is 0 Å². The second-order valence-electron chi connectivity index (χ2n) is 7.17. The molecule has 0 saturated carbocycles. The Kier molecular flexibility index (Phi) is 7.14. The van der Waals surface area contributed by atoms with Gasteiger partial charge < -0.3 is 16.0 Å². The molecule has 5 nitrogen and oxygen atoms in total. The first-order valence-electron chi connectivity index (χ1n) is 9.73. The summed E-state index contributed by atoms with van der Waals surface area (Å²) in [6.45, 7) is 2.51. The third kappa shape index (κ3) is 6.16. The lowest BCUT2D eigenvalue weighted by atomic mass is 9.93. The highest BCUT2D eigenvalue weighted by Crippen LogP contribution is 2.18. The maximum Gasteiger partial charge on any atom is 0.255 e. The van der Waals surface area contributed by atoms with E-state index >= 15 is 0 Å². The Labute approximate surface area is 164 Å². The third-order valence-corrected chi connectivity index (χ3v) is 5.02. The van der Waals surface area contributed by atoms with E-state index in [1.807, 2.05) is 18.2 Å². The van der Waals surface area contributed by atoms with Crippen molar-refractivity contribution < 1.29 is 14.0 Å². The Balaban J connectivity index is 1.46. The molecule has 0 atom stereocenters. The van der Waals surface area contributed by atoms with Crippen molar-refractivity contribution in [2.75, 3.05) is 18.4 Å². The van der Waals surface area contributed by atoms with Crippen molar-refractivity contribution in [1.29, 1.82) is 0 Å². The van der Waals surface area contributed by atoms with Crippen LogP contribution in [0.1, 0.15) is 41.6 Å². The molecule has 0 bridgehead atoms. The molecular formula is C22H26FN3O2. The van der Waals surface area contributed by atoms with E-state index in [0.717, 1.165) is 37.9 Å². The molecule has 2 amide bonds. The Morgan fingerprint density at radius 3 is 2.57 bits per heavy atom. The Morgan fingerprint density at radius 1 is 1.07 bits per heavy atom. The number of amides is 2. The summed E-state index contributed by atoms with van der Waals surface area (Å²) in [5, 5.41) is 9.08. The topological polar surface area (TPSA) is 70.2 Å². The van der Waals surface area contributed by atoms with Gasteiger partial charge >= 0.3 is 0 Å². The molecule has 2 aromatic carbocycles. The maximum absolute atomic E-state index is 13.0. The second kappa shape index (κ2) is 9.99. The van der Waals surface area contributed by atoms with Gasteiger partial charge in [-0.25, -0.2) is 4.39 Å². The zero-order chi connectivity index (χ0) is 19.8. The van der Waals surface area contributed by atoms with Crippen molar-refractivity contribution in [1.82, 2.24) is 10.6 Å². The van der Waals surface area contributed by atoms with Crippen LogP contribution < -0.4 is 16.0 Å². The van der Waals surface area contributed by atoms with Crippen molar-refractivity contribution >= 4 is 17.5 Å². The quantitative estimate of drug-likeness (QED) is 0.686. The molecule has 0 spiro atoms. The number of hydrogen-bond acceptors (Lipinski definition) is 3. The highest BCUT2D eigenvalue weighted by Gasteiger charge is 2.14. The summed E-state index contributed by atoms with van der Waals surface area (Å²) < 4.78 is 13.0. The average molecular weight is 383 g/mol. The van der Waals surface area contributed by atoms with Crippen molar-refractivity contribution in [2.24, 2.45) is 5.92 Å². The van der Waals surface area contributed by atoms with Crippen LogP contribution in [0.2, 0.25) is 0 Å². The molecule has 1 heterocycles. The molecule has 1 saturated heterocycles. The standard InChI is InChI=1S/C22H26FN3O2/c23-19-7-5-18(6-8-19)22(28)26-20-3-1-2-17(14-20)15-25-21(27)9-4-16-10-12-24-13-11-16/h1-3,5-8,14,16,24H,4,9-13,15H2,(H,25,27)(H,26,28). The Hall–Kier alpha value is -2.73. The van der Waals surface area contributed by atoms with Gasteiger partial charge in [0, 0.05) is 24.2 Å². The molecular weight excluding hydrogens is 357 g/mol. The van der Waals surface area contributed by atoms with Crippen molar-refractivity contribution in [3.8, 4) is 0 Å². The Morgan fingerprint density at radius 2 is 1.82 bits per heavy atom. The lowest BCUT2D eigenvalue weighted by molar-refractivity contribution is -0.121. The molecule has 2 aromatic rings. The third-order valence-electron chi connectivity index (χ3n) is 5.02.